The number of unbranched alkanes of at least 4 members (excludes halogenated alkanes) is 2. The standard InChI is InChI=1S/C12H19BO4/c14-13(15)17-10-6-2-5-9-16-11-12-7-3-1-4-8-12/h1,3-4,7-8,14-15H,2,5-6,9-11H2. The van der Waals surface area contributed by atoms with Crippen LogP contribution in [0.5, 0.6) is 0 Å². The summed E-state index contributed by atoms with van der Waals surface area (Å²) in [7, 11) is -1.65. The maximum atomic E-state index is 8.43. The summed E-state index contributed by atoms with van der Waals surface area (Å²) in [5.41, 5.74) is 1.18. The largest absolute Gasteiger partial charge is 0.633 e. The Morgan fingerprint density at radius 1 is 0.941 bits per heavy atom. The smallest absolute Gasteiger partial charge is 0.402 e. The van der Waals surface area contributed by atoms with E-state index >= 15 is 0 Å². The van der Waals surface area contributed by atoms with E-state index in [1.807, 2.05) is 30.3 Å². The second kappa shape index (κ2) is 9.19. The molecule has 0 atom stereocenters. The van der Waals surface area contributed by atoms with E-state index in [4.69, 9.17) is 14.8 Å². The molecule has 5 heteroatoms. The maximum absolute atomic E-state index is 8.43. The number of rotatable bonds is 9. The van der Waals surface area contributed by atoms with Gasteiger partial charge >= 0.3 is 7.32 Å². The third-order valence-electron chi connectivity index (χ3n) is 2.31. The highest BCUT2D eigenvalue weighted by molar-refractivity contribution is 6.32. The van der Waals surface area contributed by atoms with Crippen LogP contribution in [0.1, 0.15) is 24.8 Å². The van der Waals surface area contributed by atoms with Crippen LogP contribution in [0.3, 0.4) is 0 Å². The monoisotopic (exact) mass is 238 g/mol. The molecule has 1 aromatic rings. The van der Waals surface area contributed by atoms with Gasteiger partial charge in [-0.2, -0.15) is 0 Å². The first-order valence-electron chi connectivity index (χ1n) is 5.88. The molecule has 0 amide bonds. The van der Waals surface area contributed by atoms with Gasteiger partial charge in [0, 0.05) is 13.2 Å². The Morgan fingerprint density at radius 2 is 1.65 bits per heavy atom. The third kappa shape index (κ3) is 7.93. The van der Waals surface area contributed by atoms with Gasteiger partial charge in [0.1, 0.15) is 0 Å². The molecule has 0 aliphatic heterocycles. The molecule has 0 unspecified atom stereocenters. The molecule has 2 N–H and O–H groups in total. The summed E-state index contributed by atoms with van der Waals surface area (Å²) in [6.45, 7) is 1.74. The highest BCUT2D eigenvalue weighted by Gasteiger charge is 2.06. The molecule has 0 saturated carbocycles. The normalized spacial score (nSPS) is 10.5. The minimum atomic E-state index is -1.65. The van der Waals surface area contributed by atoms with E-state index in [0.29, 0.717) is 13.2 Å². The van der Waals surface area contributed by atoms with Crippen LogP contribution in [0.25, 0.3) is 0 Å². The Kier molecular flexibility index (Phi) is 7.67. The van der Waals surface area contributed by atoms with Crippen LogP contribution in [-0.4, -0.2) is 30.6 Å². The number of hydrogen-bond acceptors (Lipinski definition) is 4. The van der Waals surface area contributed by atoms with Gasteiger partial charge in [0.05, 0.1) is 6.61 Å². The second-order valence-electron chi connectivity index (χ2n) is 3.80. The molecule has 1 aromatic carbocycles. The van der Waals surface area contributed by atoms with E-state index in [1.165, 1.54) is 5.56 Å². The molecule has 4 nitrogen and oxygen atoms in total. The van der Waals surface area contributed by atoms with Crippen molar-refractivity contribution in [2.45, 2.75) is 25.9 Å². The molecule has 0 spiro atoms. The molecule has 17 heavy (non-hydrogen) atoms. The Labute approximate surface area is 102 Å². The van der Waals surface area contributed by atoms with Crippen molar-refractivity contribution in [2.24, 2.45) is 0 Å². The SMILES string of the molecule is OB(O)OCCCCCOCc1ccccc1. The van der Waals surface area contributed by atoms with Gasteiger partial charge in [-0.15, -0.1) is 0 Å². The highest BCUT2D eigenvalue weighted by atomic mass is 16.6. The third-order valence-corrected chi connectivity index (χ3v) is 2.31. The molecule has 0 saturated heterocycles. The van der Waals surface area contributed by atoms with E-state index in [0.717, 1.165) is 25.9 Å². The first-order valence-corrected chi connectivity index (χ1v) is 5.88. The molecule has 0 aliphatic carbocycles. The molecule has 0 aliphatic rings. The lowest BCUT2D eigenvalue weighted by molar-refractivity contribution is 0.114. The summed E-state index contributed by atoms with van der Waals surface area (Å²) >= 11 is 0. The molecule has 0 bridgehead atoms. The average molecular weight is 238 g/mol. The van der Waals surface area contributed by atoms with Gasteiger partial charge in [0.2, 0.25) is 0 Å². The van der Waals surface area contributed by atoms with Gasteiger partial charge < -0.3 is 19.4 Å². The second-order valence-corrected chi connectivity index (χ2v) is 3.80. The van der Waals surface area contributed by atoms with E-state index in [-0.39, 0.29) is 0 Å². The molecular formula is C12H19BO4. The lowest BCUT2D eigenvalue weighted by atomic mass is 10.2. The Morgan fingerprint density at radius 3 is 2.35 bits per heavy atom. The molecule has 0 radical (unpaired) electrons. The average Bonchev–Trinajstić information content (AvgIpc) is 2.33. The molecular weight excluding hydrogens is 219 g/mol. The number of hydrogen-bond donors (Lipinski definition) is 2. The lowest BCUT2D eigenvalue weighted by Crippen LogP contribution is -2.17. The predicted molar refractivity (Wildman–Crippen MR) is 66.1 cm³/mol. The summed E-state index contributed by atoms with van der Waals surface area (Å²) in [5, 5.41) is 16.9. The van der Waals surface area contributed by atoms with Crippen molar-refractivity contribution >= 4 is 7.32 Å². The molecule has 1 rings (SSSR count). The van der Waals surface area contributed by atoms with Gasteiger partial charge in [-0.25, -0.2) is 0 Å². The molecule has 0 fully saturated rings. The number of benzene rings is 1. The summed E-state index contributed by atoms with van der Waals surface area (Å²) in [5.74, 6) is 0. The Hall–Kier alpha value is -0.875. The highest BCUT2D eigenvalue weighted by Crippen LogP contribution is 2.02. The van der Waals surface area contributed by atoms with Crippen molar-refractivity contribution in [2.75, 3.05) is 13.2 Å². The topological polar surface area (TPSA) is 58.9 Å². The van der Waals surface area contributed by atoms with E-state index in [2.05, 4.69) is 4.65 Å². The maximum Gasteiger partial charge on any atom is 0.633 e. The van der Waals surface area contributed by atoms with Gasteiger partial charge in [-0.1, -0.05) is 30.3 Å². The first kappa shape index (κ1) is 14.2. The van der Waals surface area contributed by atoms with Crippen molar-refractivity contribution in [3.8, 4) is 0 Å². The minimum Gasteiger partial charge on any atom is -0.402 e. The summed E-state index contributed by atoms with van der Waals surface area (Å²) in [6, 6.07) is 10.1. The van der Waals surface area contributed by atoms with Gasteiger partial charge in [-0.05, 0) is 24.8 Å². The Balaban J connectivity index is 1.88. The summed E-state index contributed by atoms with van der Waals surface area (Å²) < 4.78 is 10.1. The van der Waals surface area contributed by atoms with Crippen molar-refractivity contribution in [3.63, 3.8) is 0 Å². The molecule has 0 aromatic heterocycles. The fourth-order valence-electron chi connectivity index (χ4n) is 1.44. The van der Waals surface area contributed by atoms with Crippen molar-refractivity contribution in [1.82, 2.24) is 0 Å². The van der Waals surface area contributed by atoms with Gasteiger partial charge in [0.25, 0.3) is 0 Å². The zero-order chi connectivity index (χ0) is 12.3. The quantitative estimate of drug-likeness (QED) is 0.503. The zero-order valence-corrected chi connectivity index (χ0v) is 9.92. The summed E-state index contributed by atoms with van der Waals surface area (Å²) in [6.07, 6.45) is 2.73. The van der Waals surface area contributed by atoms with Crippen LogP contribution in [0.2, 0.25) is 0 Å². The predicted octanol–water partition coefficient (Wildman–Crippen LogP) is 1.36. The van der Waals surface area contributed by atoms with Crippen molar-refractivity contribution < 1.29 is 19.4 Å². The van der Waals surface area contributed by atoms with Crippen molar-refractivity contribution in [3.05, 3.63) is 35.9 Å². The fourth-order valence-corrected chi connectivity index (χ4v) is 1.44. The van der Waals surface area contributed by atoms with Crippen LogP contribution in [0.4, 0.5) is 0 Å². The van der Waals surface area contributed by atoms with Crippen LogP contribution in [0, 0.1) is 0 Å². The van der Waals surface area contributed by atoms with E-state index in [9.17, 15) is 0 Å². The Bertz CT molecular complexity index is 279. The first-order chi connectivity index (χ1) is 8.29. The zero-order valence-electron chi connectivity index (χ0n) is 9.92. The summed E-state index contributed by atoms with van der Waals surface area (Å²) in [4.78, 5) is 0. The van der Waals surface area contributed by atoms with Crippen LogP contribution in [-0.2, 0) is 16.0 Å². The molecule has 0 heterocycles. The van der Waals surface area contributed by atoms with Crippen LogP contribution >= 0.6 is 0 Å². The minimum absolute atomic E-state index is 0.371. The van der Waals surface area contributed by atoms with E-state index < -0.39 is 7.32 Å². The van der Waals surface area contributed by atoms with E-state index in [1.54, 1.807) is 0 Å². The fraction of sp³-hybridized carbons (Fsp3) is 0.500. The van der Waals surface area contributed by atoms with Crippen molar-refractivity contribution in [1.29, 1.82) is 0 Å². The number of ether oxygens (including phenoxy) is 1. The van der Waals surface area contributed by atoms with Crippen LogP contribution in [0.15, 0.2) is 30.3 Å². The van der Waals surface area contributed by atoms with Gasteiger partial charge in [-0.3, -0.25) is 0 Å². The lowest BCUT2D eigenvalue weighted by Gasteiger charge is -2.05. The molecule has 94 valence electrons. The van der Waals surface area contributed by atoms with Gasteiger partial charge in [0.15, 0.2) is 0 Å². The van der Waals surface area contributed by atoms with Crippen LogP contribution < -0.4 is 0 Å².